The Balaban J connectivity index is 2.24. The molecular formula is C9H6N3O3-. The fourth-order valence-corrected chi connectivity index (χ4v) is 1.05. The maximum Gasteiger partial charge on any atom is 0.232 e. The number of pyridine rings is 1. The van der Waals surface area contributed by atoms with Gasteiger partial charge in [-0.15, -0.1) is 0 Å². The first kappa shape index (κ1) is 9.32. The number of hydrogen-bond acceptors (Lipinski definition) is 6. The third-order valence-corrected chi connectivity index (χ3v) is 1.66. The minimum atomic E-state index is -1.26. The lowest BCUT2D eigenvalue weighted by atomic mass is 10.3. The van der Waals surface area contributed by atoms with Gasteiger partial charge in [-0.3, -0.25) is 4.98 Å². The Bertz CT molecular complexity index is 466. The standard InChI is InChI=1S/C9H7N3O3/c13-8(14)5-7-11-9(12-15-7)6-3-1-2-4-10-6/h1-4H,5H2,(H,13,14)/p-1. The molecule has 0 radical (unpaired) electrons. The molecule has 0 bridgehead atoms. The lowest BCUT2D eigenvalue weighted by Gasteiger charge is -1.93. The highest BCUT2D eigenvalue weighted by Crippen LogP contribution is 2.11. The lowest BCUT2D eigenvalue weighted by Crippen LogP contribution is -2.24. The van der Waals surface area contributed by atoms with E-state index in [1.165, 1.54) is 0 Å². The first-order valence-corrected chi connectivity index (χ1v) is 4.19. The second kappa shape index (κ2) is 3.87. The number of hydrogen-bond donors (Lipinski definition) is 0. The van der Waals surface area contributed by atoms with Gasteiger partial charge in [0, 0.05) is 6.20 Å². The molecule has 0 spiro atoms. The van der Waals surface area contributed by atoms with Crippen molar-refractivity contribution in [2.24, 2.45) is 0 Å². The summed E-state index contributed by atoms with van der Waals surface area (Å²) >= 11 is 0. The van der Waals surface area contributed by atoms with Crippen LogP contribution in [0.5, 0.6) is 0 Å². The normalized spacial score (nSPS) is 10.1. The van der Waals surface area contributed by atoms with Crippen molar-refractivity contribution in [3.63, 3.8) is 0 Å². The zero-order chi connectivity index (χ0) is 10.7. The Morgan fingerprint density at radius 1 is 1.47 bits per heavy atom. The van der Waals surface area contributed by atoms with Gasteiger partial charge in [0.2, 0.25) is 11.7 Å². The van der Waals surface area contributed by atoms with Crippen molar-refractivity contribution in [1.29, 1.82) is 0 Å². The van der Waals surface area contributed by atoms with Crippen LogP contribution in [0, 0.1) is 0 Å². The molecule has 6 nitrogen and oxygen atoms in total. The van der Waals surface area contributed by atoms with Gasteiger partial charge in [-0.2, -0.15) is 4.98 Å². The van der Waals surface area contributed by atoms with E-state index in [1.54, 1.807) is 24.4 Å². The fraction of sp³-hybridized carbons (Fsp3) is 0.111. The van der Waals surface area contributed by atoms with E-state index in [2.05, 4.69) is 15.1 Å². The Morgan fingerprint density at radius 2 is 2.33 bits per heavy atom. The number of nitrogens with zero attached hydrogens (tertiary/aromatic N) is 3. The molecule has 2 heterocycles. The zero-order valence-electron chi connectivity index (χ0n) is 7.58. The van der Waals surface area contributed by atoms with Crippen LogP contribution in [0.25, 0.3) is 11.5 Å². The van der Waals surface area contributed by atoms with Crippen LogP contribution in [0.4, 0.5) is 0 Å². The minimum absolute atomic E-state index is 0.00986. The molecule has 15 heavy (non-hydrogen) atoms. The smallest absolute Gasteiger partial charge is 0.232 e. The van der Waals surface area contributed by atoms with Gasteiger partial charge in [-0.05, 0) is 12.1 Å². The largest absolute Gasteiger partial charge is 0.550 e. The first-order valence-electron chi connectivity index (χ1n) is 4.19. The highest BCUT2D eigenvalue weighted by molar-refractivity contribution is 5.66. The summed E-state index contributed by atoms with van der Waals surface area (Å²) in [6.45, 7) is 0. The monoisotopic (exact) mass is 204 g/mol. The summed E-state index contributed by atoms with van der Waals surface area (Å²) in [6.07, 6.45) is 1.20. The Labute approximate surface area is 84.6 Å². The molecule has 0 amide bonds. The number of rotatable bonds is 3. The van der Waals surface area contributed by atoms with E-state index >= 15 is 0 Å². The average Bonchev–Trinajstić information content (AvgIpc) is 2.67. The van der Waals surface area contributed by atoms with E-state index in [9.17, 15) is 9.90 Å². The number of aromatic nitrogens is 3. The molecular weight excluding hydrogens is 198 g/mol. The van der Waals surface area contributed by atoms with Gasteiger partial charge in [-0.25, -0.2) is 0 Å². The molecule has 0 unspecified atom stereocenters. The summed E-state index contributed by atoms with van der Waals surface area (Å²) in [4.78, 5) is 18.1. The Hall–Kier alpha value is -2.24. The maximum atomic E-state index is 10.3. The number of aliphatic carboxylic acids is 1. The summed E-state index contributed by atoms with van der Waals surface area (Å²) in [5, 5.41) is 13.9. The van der Waals surface area contributed by atoms with Gasteiger partial charge < -0.3 is 14.4 Å². The average molecular weight is 204 g/mol. The predicted octanol–water partition coefficient (Wildman–Crippen LogP) is -0.576. The van der Waals surface area contributed by atoms with Crippen LogP contribution in [0.15, 0.2) is 28.9 Å². The number of carbonyl (C=O) groups excluding carboxylic acids is 1. The topological polar surface area (TPSA) is 91.9 Å². The van der Waals surface area contributed by atoms with Crippen LogP contribution < -0.4 is 5.11 Å². The molecule has 2 aromatic rings. The maximum absolute atomic E-state index is 10.3. The van der Waals surface area contributed by atoms with Crippen LogP contribution in [-0.2, 0) is 11.2 Å². The quantitative estimate of drug-likeness (QED) is 0.664. The number of carbonyl (C=O) groups is 1. The highest BCUT2D eigenvalue weighted by atomic mass is 16.5. The van der Waals surface area contributed by atoms with Crippen molar-refractivity contribution in [1.82, 2.24) is 15.1 Å². The molecule has 0 aliphatic carbocycles. The first-order chi connectivity index (χ1) is 7.25. The SMILES string of the molecule is O=C([O-])Cc1nc(-c2ccccn2)no1. The van der Waals surface area contributed by atoms with E-state index in [0.29, 0.717) is 5.69 Å². The third kappa shape index (κ3) is 2.16. The van der Waals surface area contributed by atoms with Crippen LogP contribution in [0.1, 0.15) is 5.89 Å². The molecule has 76 valence electrons. The third-order valence-electron chi connectivity index (χ3n) is 1.66. The van der Waals surface area contributed by atoms with Crippen LogP contribution in [0.2, 0.25) is 0 Å². The molecule has 0 aliphatic heterocycles. The van der Waals surface area contributed by atoms with Crippen molar-refractivity contribution in [3.8, 4) is 11.5 Å². The van der Waals surface area contributed by atoms with E-state index in [0.717, 1.165) is 0 Å². The van der Waals surface area contributed by atoms with Gasteiger partial charge in [0.1, 0.15) is 5.69 Å². The Kier molecular flexibility index (Phi) is 2.40. The van der Waals surface area contributed by atoms with Crippen molar-refractivity contribution in [2.75, 3.05) is 0 Å². The molecule has 2 aromatic heterocycles. The predicted molar refractivity (Wildman–Crippen MR) is 46.2 cm³/mol. The lowest BCUT2D eigenvalue weighted by molar-refractivity contribution is -0.305. The van der Waals surface area contributed by atoms with Crippen molar-refractivity contribution in [2.45, 2.75) is 6.42 Å². The fourth-order valence-electron chi connectivity index (χ4n) is 1.05. The van der Waals surface area contributed by atoms with E-state index in [4.69, 9.17) is 4.52 Å². The van der Waals surface area contributed by atoms with Crippen LogP contribution in [-0.4, -0.2) is 21.1 Å². The van der Waals surface area contributed by atoms with Crippen LogP contribution in [0.3, 0.4) is 0 Å². The molecule has 0 atom stereocenters. The van der Waals surface area contributed by atoms with Crippen molar-refractivity contribution in [3.05, 3.63) is 30.3 Å². The van der Waals surface area contributed by atoms with E-state index in [1.807, 2.05) is 0 Å². The molecule has 2 rings (SSSR count). The molecule has 0 saturated carbocycles. The second-order valence-corrected chi connectivity index (χ2v) is 2.78. The van der Waals surface area contributed by atoms with Gasteiger partial charge in [0.25, 0.3) is 0 Å². The van der Waals surface area contributed by atoms with Gasteiger partial charge >= 0.3 is 0 Å². The van der Waals surface area contributed by atoms with Gasteiger partial charge in [0.05, 0.1) is 12.4 Å². The van der Waals surface area contributed by atoms with Crippen molar-refractivity contribution < 1.29 is 14.4 Å². The second-order valence-electron chi connectivity index (χ2n) is 2.78. The molecule has 0 N–H and O–H groups in total. The number of carboxylic acid groups (broad SMARTS) is 1. The summed E-state index contributed by atoms with van der Waals surface area (Å²) in [5.74, 6) is -0.978. The summed E-state index contributed by atoms with van der Waals surface area (Å²) in [5.41, 5.74) is 0.533. The van der Waals surface area contributed by atoms with E-state index in [-0.39, 0.29) is 18.1 Å². The molecule has 0 aliphatic rings. The zero-order valence-corrected chi connectivity index (χ0v) is 7.58. The summed E-state index contributed by atoms with van der Waals surface area (Å²) in [6, 6.07) is 5.23. The Morgan fingerprint density at radius 3 is 3.00 bits per heavy atom. The number of carboxylic acids is 1. The molecule has 6 heteroatoms. The van der Waals surface area contributed by atoms with Gasteiger partial charge in [-0.1, -0.05) is 11.2 Å². The van der Waals surface area contributed by atoms with Crippen molar-refractivity contribution >= 4 is 5.97 Å². The summed E-state index contributed by atoms with van der Waals surface area (Å²) in [7, 11) is 0. The minimum Gasteiger partial charge on any atom is -0.550 e. The van der Waals surface area contributed by atoms with Crippen LogP contribution >= 0.6 is 0 Å². The van der Waals surface area contributed by atoms with Gasteiger partial charge in [0.15, 0.2) is 0 Å². The molecule has 0 saturated heterocycles. The highest BCUT2D eigenvalue weighted by Gasteiger charge is 2.08. The molecule has 0 fully saturated rings. The molecule has 0 aromatic carbocycles. The summed E-state index contributed by atoms with van der Waals surface area (Å²) < 4.78 is 4.71. The van der Waals surface area contributed by atoms with E-state index < -0.39 is 5.97 Å².